The molecule has 0 saturated carbocycles. The van der Waals surface area contributed by atoms with Gasteiger partial charge in [-0.15, -0.1) is 0 Å². The van der Waals surface area contributed by atoms with Crippen molar-refractivity contribution in [3.8, 4) is 0 Å². The van der Waals surface area contributed by atoms with Gasteiger partial charge in [0.2, 0.25) is 6.21 Å². The Morgan fingerprint density at radius 2 is 1.39 bits per heavy atom. The van der Waals surface area contributed by atoms with Crippen LogP contribution in [0.4, 0.5) is 36.4 Å². The quantitative estimate of drug-likeness (QED) is 0.162. The number of aryl methyl sites for hydroxylation is 1. The number of carbonyl (C=O) groups is 2. The second-order valence-electron chi connectivity index (χ2n) is 8.56. The zero-order chi connectivity index (χ0) is 27.7. The second kappa shape index (κ2) is 9.78. The van der Waals surface area contributed by atoms with Crippen LogP contribution in [0.1, 0.15) is 45.7 Å². The average Bonchev–Trinajstić information content (AvgIpc) is 2.71. The van der Waals surface area contributed by atoms with Gasteiger partial charge < -0.3 is 10.6 Å². The Kier molecular flexibility index (Phi) is 7.77. The third-order valence-corrected chi connectivity index (χ3v) is 5.02. The Morgan fingerprint density at radius 1 is 0.889 bits per heavy atom. The molecule has 2 rings (SSSR count). The van der Waals surface area contributed by atoms with Gasteiger partial charge in [0.15, 0.2) is 7.05 Å². The number of hydrogen-bond acceptors (Lipinski definition) is 3. The van der Waals surface area contributed by atoms with E-state index in [0.29, 0.717) is 12.1 Å². The number of hydrogen-bond donors (Lipinski definition) is 3. The molecule has 36 heavy (non-hydrogen) atoms. The Balaban J connectivity index is 2.38. The van der Waals surface area contributed by atoms with Crippen molar-refractivity contribution in [2.45, 2.75) is 44.3 Å². The second-order valence-corrected chi connectivity index (χ2v) is 8.56. The highest BCUT2D eigenvalue weighted by Crippen LogP contribution is 2.53. The van der Waals surface area contributed by atoms with Crippen molar-refractivity contribution in [3.05, 3.63) is 64.7 Å². The van der Waals surface area contributed by atoms with Gasteiger partial charge in [-0.2, -0.15) is 26.3 Å². The lowest BCUT2D eigenvalue weighted by atomic mass is 9.92. The van der Waals surface area contributed by atoms with E-state index >= 15 is 0 Å². The summed E-state index contributed by atoms with van der Waals surface area (Å²) in [7, 11) is 1.32. The smallest absolute Gasteiger partial charge is 0.338 e. The van der Waals surface area contributed by atoms with Crippen LogP contribution in [0.2, 0.25) is 0 Å². The number of benzene rings is 2. The van der Waals surface area contributed by atoms with E-state index in [0.717, 1.165) is 11.7 Å². The van der Waals surface area contributed by atoms with Gasteiger partial charge in [-0.25, -0.2) is 4.39 Å². The summed E-state index contributed by atoms with van der Waals surface area (Å²) in [6, 6.07) is 6.85. The van der Waals surface area contributed by atoms with Gasteiger partial charge in [0.05, 0.1) is 11.1 Å². The van der Waals surface area contributed by atoms with Crippen molar-refractivity contribution in [1.82, 2.24) is 5.32 Å². The van der Waals surface area contributed by atoms with E-state index in [1.54, 1.807) is 13.8 Å². The predicted molar refractivity (Wildman–Crippen MR) is 116 cm³/mol. The fraction of sp³-hybridized carbons (Fsp3) is 0.348. The normalized spacial score (nSPS) is 13.4. The van der Waals surface area contributed by atoms with E-state index in [4.69, 9.17) is 0 Å². The number of anilines is 1. The van der Waals surface area contributed by atoms with Gasteiger partial charge in [-0.3, -0.25) is 14.8 Å². The average molecular weight is 522 g/mol. The van der Waals surface area contributed by atoms with Crippen LogP contribution in [0.15, 0.2) is 42.5 Å². The molecular weight excluding hydrogens is 499 g/mol. The molecule has 0 aromatic heterocycles. The summed E-state index contributed by atoms with van der Waals surface area (Å²) in [5.41, 5.74) is -9.05. The summed E-state index contributed by atoms with van der Waals surface area (Å²) in [6.45, 7) is 4.23. The zero-order valence-corrected chi connectivity index (χ0v) is 19.5. The minimum atomic E-state index is -6.27. The van der Waals surface area contributed by atoms with Crippen molar-refractivity contribution in [2.24, 2.45) is 0 Å². The number of amides is 2. The number of rotatable bonds is 6. The summed E-state index contributed by atoms with van der Waals surface area (Å²) in [6.07, 6.45) is -11.3. The van der Waals surface area contributed by atoms with Gasteiger partial charge in [0, 0.05) is 11.3 Å². The van der Waals surface area contributed by atoms with Crippen LogP contribution in [0.5, 0.6) is 0 Å². The van der Waals surface area contributed by atoms with Crippen LogP contribution in [-0.2, 0) is 5.67 Å². The molecule has 0 unspecified atom stereocenters. The molecule has 0 saturated heterocycles. The highest BCUT2D eigenvalue weighted by atomic mass is 19.4. The molecule has 2 aromatic rings. The standard InChI is InChI=1S/C23H22F7N3O3/c1-13-11-14(21(24,22(25,26)27)23(28,29)30)9-10-17(13)31-18(34)15-7-5-6-8-16(15)19(35)32-20(2,3)12-33(4)36/h5-12H,1-4H3,(H2-,31,32,34,35,36)/p+1. The van der Waals surface area contributed by atoms with Gasteiger partial charge in [-0.05, 0) is 49.3 Å². The van der Waals surface area contributed by atoms with Crippen LogP contribution in [0, 0.1) is 6.92 Å². The van der Waals surface area contributed by atoms with Crippen molar-refractivity contribution in [1.29, 1.82) is 0 Å². The highest BCUT2D eigenvalue weighted by molar-refractivity contribution is 6.12. The van der Waals surface area contributed by atoms with Gasteiger partial charge in [0.25, 0.3) is 11.8 Å². The lowest BCUT2D eigenvalue weighted by Gasteiger charge is -2.30. The fourth-order valence-electron chi connectivity index (χ4n) is 3.43. The number of carbonyl (C=O) groups excluding carboxylic acids is 2. The molecule has 0 aliphatic heterocycles. The summed E-state index contributed by atoms with van der Waals surface area (Å²) >= 11 is 0. The van der Waals surface area contributed by atoms with Crippen molar-refractivity contribution in [3.63, 3.8) is 0 Å². The van der Waals surface area contributed by atoms with Crippen molar-refractivity contribution < 1.29 is 50.3 Å². The molecule has 0 radical (unpaired) electrons. The van der Waals surface area contributed by atoms with Gasteiger partial charge >= 0.3 is 18.0 Å². The van der Waals surface area contributed by atoms with Crippen LogP contribution in [0.25, 0.3) is 0 Å². The minimum Gasteiger partial charge on any atom is -0.338 e. The van der Waals surface area contributed by atoms with E-state index in [1.165, 1.54) is 37.5 Å². The first-order valence-electron chi connectivity index (χ1n) is 10.2. The molecule has 0 bridgehead atoms. The Bertz CT molecular complexity index is 1170. The lowest BCUT2D eigenvalue weighted by Crippen LogP contribution is -2.50. The van der Waals surface area contributed by atoms with Crippen molar-refractivity contribution >= 4 is 23.7 Å². The number of hydroxylamine groups is 1. The maximum atomic E-state index is 14.3. The van der Waals surface area contributed by atoms with E-state index in [2.05, 4.69) is 10.6 Å². The molecule has 3 N–H and O–H groups in total. The van der Waals surface area contributed by atoms with E-state index in [1.807, 2.05) is 0 Å². The SMILES string of the molecule is Cc1cc(C(F)(C(F)(F)F)C(F)(F)F)ccc1NC(=O)c1ccccc1C(=O)NC(C)(C)C=[N+](C)O. The molecule has 0 spiro atoms. The fourth-order valence-corrected chi connectivity index (χ4v) is 3.43. The van der Waals surface area contributed by atoms with Crippen molar-refractivity contribution in [2.75, 3.05) is 12.4 Å². The molecule has 0 aliphatic carbocycles. The molecule has 0 aliphatic rings. The lowest BCUT2D eigenvalue weighted by molar-refractivity contribution is -0.752. The third-order valence-electron chi connectivity index (χ3n) is 5.02. The molecule has 2 amide bonds. The van der Waals surface area contributed by atoms with Gasteiger partial charge in [-0.1, -0.05) is 24.3 Å². The maximum absolute atomic E-state index is 14.3. The van der Waals surface area contributed by atoms with E-state index in [-0.39, 0.29) is 28.4 Å². The maximum Gasteiger partial charge on any atom is 0.435 e. The number of alkyl halides is 7. The Morgan fingerprint density at radius 3 is 1.83 bits per heavy atom. The minimum absolute atomic E-state index is 0.0942. The van der Waals surface area contributed by atoms with Crippen LogP contribution < -0.4 is 10.6 Å². The third kappa shape index (κ3) is 5.94. The molecule has 13 heteroatoms. The van der Waals surface area contributed by atoms with Gasteiger partial charge in [0.1, 0.15) is 5.54 Å². The summed E-state index contributed by atoms with van der Waals surface area (Å²) < 4.78 is 93.3. The molecule has 2 aromatic carbocycles. The molecule has 0 fully saturated rings. The monoisotopic (exact) mass is 522 g/mol. The van der Waals surface area contributed by atoms with E-state index < -0.39 is 40.9 Å². The number of nitrogens with one attached hydrogen (secondary N) is 2. The first-order chi connectivity index (χ1) is 16.3. The largest absolute Gasteiger partial charge is 0.435 e. The van der Waals surface area contributed by atoms with Crippen LogP contribution in [0.3, 0.4) is 0 Å². The molecule has 196 valence electrons. The summed E-state index contributed by atoms with van der Waals surface area (Å²) in [5, 5.41) is 14.3. The summed E-state index contributed by atoms with van der Waals surface area (Å²) in [4.78, 5) is 25.6. The highest BCUT2D eigenvalue weighted by Gasteiger charge is 2.73. The first kappa shape index (κ1) is 28.6. The molecule has 6 nitrogen and oxygen atoms in total. The first-order valence-corrected chi connectivity index (χ1v) is 10.2. The van der Waals surface area contributed by atoms with E-state index in [9.17, 15) is 45.5 Å². The zero-order valence-electron chi connectivity index (χ0n) is 19.5. The number of halogens is 7. The summed E-state index contributed by atoms with van der Waals surface area (Å²) in [5.74, 6) is -1.59. The molecule has 0 atom stereocenters. The molecular formula is C23H23F7N3O3+. The Labute approximate surface area is 201 Å². The Hall–Kier alpha value is -3.64. The predicted octanol–water partition coefficient (Wildman–Crippen LogP) is 5.15. The topological polar surface area (TPSA) is 81.4 Å². The number of nitrogens with zero attached hydrogens (tertiary/aromatic N) is 1. The van der Waals surface area contributed by atoms with Crippen LogP contribution in [-0.4, -0.2) is 52.9 Å². The molecule has 0 heterocycles. The van der Waals surface area contributed by atoms with Crippen LogP contribution >= 0.6 is 0 Å².